The molecule has 2 aromatic heterocycles. The van der Waals surface area contributed by atoms with Gasteiger partial charge < -0.3 is 4.74 Å². The monoisotopic (exact) mass is 256 g/mol. The van der Waals surface area contributed by atoms with E-state index in [1.54, 1.807) is 0 Å². The molecule has 0 radical (unpaired) electrons. The second-order valence-corrected chi connectivity index (χ2v) is 4.97. The number of aryl methyl sites for hydroxylation is 4. The van der Waals surface area contributed by atoms with Crippen molar-refractivity contribution in [3.63, 3.8) is 0 Å². The largest absolute Gasteiger partial charge is 0.420 e. The number of hydrogen-bond donors (Lipinski definition) is 0. The second kappa shape index (κ2) is 3.98. The summed E-state index contributed by atoms with van der Waals surface area (Å²) < 4.78 is 5.87. The minimum Gasteiger partial charge on any atom is -0.420 e. The summed E-state index contributed by atoms with van der Waals surface area (Å²) in [6.07, 6.45) is 0. The van der Waals surface area contributed by atoms with Crippen molar-refractivity contribution in [1.29, 1.82) is 0 Å². The van der Waals surface area contributed by atoms with Crippen molar-refractivity contribution >= 4 is 0 Å². The highest BCUT2D eigenvalue weighted by atomic mass is 16.5. The molecule has 0 fully saturated rings. The van der Waals surface area contributed by atoms with Crippen LogP contribution in [0, 0.1) is 27.7 Å². The summed E-state index contributed by atoms with van der Waals surface area (Å²) in [7, 11) is 0. The molecule has 0 amide bonds. The molecule has 1 aliphatic rings. The number of nitrogens with zero attached hydrogens (tertiary/aromatic N) is 4. The zero-order valence-corrected chi connectivity index (χ0v) is 11.8. The molecule has 5 nitrogen and oxygen atoms in total. The van der Waals surface area contributed by atoms with Gasteiger partial charge in [-0.05, 0) is 27.7 Å². The Morgan fingerprint density at radius 3 is 1.58 bits per heavy atom. The first kappa shape index (κ1) is 12.0. The van der Waals surface area contributed by atoms with Crippen LogP contribution in [0.3, 0.4) is 0 Å². The lowest BCUT2D eigenvalue weighted by Crippen LogP contribution is -2.16. The first-order chi connectivity index (χ1) is 8.97. The van der Waals surface area contributed by atoms with Gasteiger partial charge in [0.25, 0.3) is 0 Å². The zero-order chi connectivity index (χ0) is 13.7. The van der Waals surface area contributed by atoms with Crippen LogP contribution in [0.4, 0.5) is 0 Å². The van der Waals surface area contributed by atoms with Gasteiger partial charge in [-0.3, -0.25) is 0 Å². The summed E-state index contributed by atoms with van der Waals surface area (Å²) in [5, 5.41) is 0. The van der Waals surface area contributed by atoms with Crippen LogP contribution >= 0.6 is 0 Å². The van der Waals surface area contributed by atoms with E-state index in [1.807, 2.05) is 27.7 Å². The molecular formula is C14H16N4O. The normalized spacial score (nSPS) is 13.7. The predicted molar refractivity (Wildman–Crippen MR) is 70.6 cm³/mol. The quantitative estimate of drug-likeness (QED) is 0.725. The molecule has 0 atom stereocenters. The number of fused-ring (bicyclic) bond motifs is 2. The lowest BCUT2D eigenvalue weighted by Gasteiger charge is -2.26. The summed E-state index contributed by atoms with van der Waals surface area (Å²) >= 11 is 0. The molecule has 0 bridgehead atoms. The molecule has 3 heterocycles. The van der Waals surface area contributed by atoms with Gasteiger partial charge in [0.05, 0.1) is 0 Å². The van der Waals surface area contributed by atoms with E-state index in [-0.39, 0.29) is 5.92 Å². The molecule has 0 unspecified atom stereocenters. The van der Waals surface area contributed by atoms with Crippen molar-refractivity contribution in [3.8, 4) is 11.8 Å². The lowest BCUT2D eigenvalue weighted by atomic mass is 9.90. The molecule has 19 heavy (non-hydrogen) atoms. The number of rotatable bonds is 0. The van der Waals surface area contributed by atoms with Gasteiger partial charge in [-0.2, -0.15) is 9.97 Å². The highest BCUT2D eigenvalue weighted by Gasteiger charge is 2.30. The Kier molecular flexibility index (Phi) is 2.52. The number of hydrogen-bond acceptors (Lipinski definition) is 5. The van der Waals surface area contributed by atoms with Crippen molar-refractivity contribution in [3.05, 3.63) is 34.2 Å². The standard InChI is InChI=1S/C14H16N4O/c1-6-11-7(2)15-9(4)17-13(11)19-14-12(6)8(3)16-10(5)18-14/h6H,1-5H3. The van der Waals surface area contributed by atoms with Crippen LogP contribution in [-0.4, -0.2) is 19.9 Å². The topological polar surface area (TPSA) is 60.8 Å². The molecule has 2 aromatic rings. The molecule has 3 rings (SSSR count). The molecule has 0 saturated heterocycles. The van der Waals surface area contributed by atoms with Crippen LogP contribution in [0.5, 0.6) is 11.8 Å². The Balaban J connectivity index is 2.26. The molecule has 0 saturated carbocycles. The van der Waals surface area contributed by atoms with E-state index in [0.29, 0.717) is 11.8 Å². The van der Waals surface area contributed by atoms with E-state index in [2.05, 4.69) is 26.9 Å². The van der Waals surface area contributed by atoms with Crippen LogP contribution in [0.25, 0.3) is 0 Å². The summed E-state index contributed by atoms with van der Waals surface area (Å²) in [6.45, 7) is 9.84. The van der Waals surface area contributed by atoms with E-state index in [9.17, 15) is 0 Å². The number of ether oxygens (including phenoxy) is 1. The van der Waals surface area contributed by atoms with Crippen LogP contribution in [-0.2, 0) is 0 Å². The fraction of sp³-hybridized carbons (Fsp3) is 0.429. The third-order valence-corrected chi connectivity index (χ3v) is 3.49. The third-order valence-electron chi connectivity index (χ3n) is 3.49. The highest BCUT2D eigenvalue weighted by Crippen LogP contribution is 2.43. The van der Waals surface area contributed by atoms with Gasteiger partial charge in [0, 0.05) is 28.4 Å². The van der Waals surface area contributed by atoms with E-state index in [0.717, 1.165) is 34.2 Å². The average molecular weight is 256 g/mol. The van der Waals surface area contributed by atoms with Crippen molar-refractivity contribution in [2.45, 2.75) is 40.5 Å². The predicted octanol–water partition coefficient (Wildman–Crippen LogP) is 2.76. The maximum absolute atomic E-state index is 5.87. The summed E-state index contributed by atoms with van der Waals surface area (Å²) in [5.41, 5.74) is 3.99. The van der Waals surface area contributed by atoms with E-state index in [4.69, 9.17) is 4.74 Å². The molecule has 98 valence electrons. The van der Waals surface area contributed by atoms with Crippen LogP contribution < -0.4 is 4.74 Å². The van der Waals surface area contributed by atoms with Gasteiger partial charge in [0.15, 0.2) is 0 Å². The fourth-order valence-corrected chi connectivity index (χ4v) is 2.77. The third kappa shape index (κ3) is 1.77. The number of aromatic nitrogens is 4. The SMILES string of the molecule is Cc1nc(C)c2c(n1)Oc1nc(C)nc(C)c1C2C. The molecule has 5 heteroatoms. The summed E-state index contributed by atoms with van der Waals surface area (Å²) in [6, 6.07) is 0. The van der Waals surface area contributed by atoms with Crippen LogP contribution in [0.2, 0.25) is 0 Å². The van der Waals surface area contributed by atoms with Gasteiger partial charge >= 0.3 is 0 Å². The van der Waals surface area contributed by atoms with Gasteiger partial charge in [0.1, 0.15) is 11.6 Å². The maximum atomic E-state index is 5.87. The molecule has 1 aliphatic heterocycles. The van der Waals surface area contributed by atoms with Crippen molar-refractivity contribution < 1.29 is 4.74 Å². The van der Waals surface area contributed by atoms with E-state index >= 15 is 0 Å². The second-order valence-electron chi connectivity index (χ2n) is 4.97. The minimum atomic E-state index is 0.153. The Hall–Kier alpha value is -2.04. The Labute approximate surface area is 112 Å². The Morgan fingerprint density at radius 2 is 1.16 bits per heavy atom. The van der Waals surface area contributed by atoms with Crippen LogP contribution in [0.1, 0.15) is 47.0 Å². The first-order valence-electron chi connectivity index (χ1n) is 6.35. The van der Waals surface area contributed by atoms with Gasteiger partial charge in [-0.25, -0.2) is 9.97 Å². The molecule has 0 spiro atoms. The van der Waals surface area contributed by atoms with Gasteiger partial charge in [0.2, 0.25) is 11.8 Å². The summed E-state index contributed by atoms with van der Waals surface area (Å²) in [5.74, 6) is 2.84. The van der Waals surface area contributed by atoms with Crippen molar-refractivity contribution in [2.75, 3.05) is 0 Å². The molecule has 0 aromatic carbocycles. The smallest absolute Gasteiger partial charge is 0.228 e. The lowest BCUT2D eigenvalue weighted by molar-refractivity contribution is 0.404. The maximum Gasteiger partial charge on any atom is 0.228 e. The van der Waals surface area contributed by atoms with Crippen molar-refractivity contribution in [2.24, 2.45) is 0 Å². The van der Waals surface area contributed by atoms with Gasteiger partial charge in [-0.1, -0.05) is 6.92 Å². The zero-order valence-electron chi connectivity index (χ0n) is 11.8. The Bertz CT molecular complexity index is 624. The van der Waals surface area contributed by atoms with E-state index < -0.39 is 0 Å². The van der Waals surface area contributed by atoms with Crippen LogP contribution in [0.15, 0.2) is 0 Å². The minimum absolute atomic E-state index is 0.153. The highest BCUT2D eigenvalue weighted by molar-refractivity contribution is 5.50. The summed E-state index contributed by atoms with van der Waals surface area (Å²) in [4.78, 5) is 17.6. The first-order valence-corrected chi connectivity index (χ1v) is 6.35. The molecule has 0 aliphatic carbocycles. The van der Waals surface area contributed by atoms with Crippen molar-refractivity contribution in [1.82, 2.24) is 19.9 Å². The van der Waals surface area contributed by atoms with Gasteiger partial charge in [-0.15, -0.1) is 0 Å². The molecule has 0 N–H and O–H groups in total. The Morgan fingerprint density at radius 1 is 0.737 bits per heavy atom. The molecular weight excluding hydrogens is 240 g/mol. The fourth-order valence-electron chi connectivity index (χ4n) is 2.77. The van der Waals surface area contributed by atoms with E-state index in [1.165, 1.54) is 0 Å². The average Bonchev–Trinajstić information content (AvgIpc) is 2.25.